The van der Waals surface area contributed by atoms with Gasteiger partial charge in [-0.15, -0.1) is 0 Å². The van der Waals surface area contributed by atoms with Crippen molar-refractivity contribution >= 4 is 5.78 Å². The van der Waals surface area contributed by atoms with Crippen molar-refractivity contribution < 1.29 is 4.79 Å². The fourth-order valence-corrected chi connectivity index (χ4v) is 1.24. The molecule has 0 N–H and O–H groups in total. The van der Waals surface area contributed by atoms with E-state index in [2.05, 4.69) is 24.3 Å². The Bertz CT molecular complexity index is 298. The van der Waals surface area contributed by atoms with Crippen LogP contribution in [0.4, 0.5) is 0 Å². The Labute approximate surface area is 85.5 Å². The minimum Gasteiger partial charge on any atom is -0.300 e. The van der Waals surface area contributed by atoms with Crippen LogP contribution in [-0.4, -0.2) is 5.78 Å². The van der Waals surface area contributed by atoms with Gasteiger partial charge in [0.2, 0.25) is 0 Å². The Balaban J connectivity index is 2.24. The van der Waals surface area contributed by atoms with Crippen molar-refractivity contribution in [2.75, 3.05) is 0 Å². The molecule has 0 amide bonds. The second-order valence-corrected chi connectivity index (χ2v) is 3.40. The highest BCUT2D eigenvalue weighted by atomic mass is 16.1. The molecule has 0 aliphatic heterocycles. The van der Waals surface area contributed by atoms with Crippen LogP contribution in [0.5, 0.6) is 0 Å². The molecular weight excluding hydrogens is 172 g/mol. The highest BCUT2D eigenvalue weighted by Gasteiger charge is 1.89. The summed E-state index contributed by atoms with van der Waals surface area (Å²) in [5, 5.41) is 0. The average Bonchev–Trinajstić information content (AvgIpc) is 2.18. The van der Waals surface area contributed by atoms with E-state index < -0.39 is 0 Å². The van der Waals surface area contributed by atoms with Crippen molar-refractivity contribution in [2.24, 2.45) is 0 Å². The molecule has 74 valence electrons. The molecule has 1 aromatic carbocycles. The lowest BCUT2D eigenvalue weighted by Crippen LogP contribution is -1.86. The summed E-state index contributed by atoms with van der Waals surface area (Å²) in [5.41, 5.74) is 1.31. The minimum atomic E-state index is 0.259. The molecule has 14 heavy (non-hydrogen) atoms. The zero-order valence-corrected chi connectivity index (χ0v) is 8.57. The van der Waals surface area contributed by atoms with E-state index in [4.69, 9.17) is 0 Å². The number of ketones is 1. The van der Waals surface area contributed by atoms with Crippen LogP contribution in [0.25, 0.3) is 0 Å². The van der Waals surface area contributed by atoms with Gasteiger partial charge >= 0.3 is 0 Å². The molecule has 0 fully saturated rings. The van der Waals surface area contributed by atoms with Crippen LogP contribution in [-0.2, 0) is 11.2 Å². The van der Waals surface area contributed by atoms with Crippen molar-refractivity contribution in [2.45, 2.75) is 26.2 Å². The fraction of sp³-hybridized carbons (Fsp3) is 0.308. The number of rotatable bonds is 5. The Morgan fingerprint density at radius 1 is 1.21 bits per heavy atom. The van der Waals surface area contributed by atoms with Crippen LogP contribution in [0.3, 0.4) is 0 Å². The Morgan fingerprint density at radius 2 is 1.93 bits per heavy atom. The van der Waals surface area contributed by atoms with E-state index in [0.717, 1.165) is 12.8 Å². The Kier molecular flexibility index (Phi) is 4.70. The highest BCUT2D eigenvalue weighted by Crippen LogP contribution is 2.01. The second kappa shape index (κ2) is 6.14. The molecule has 0 aliphatic carbocycles. The van der Waals surface area contributed by atoms with E-state index in [9.17, 15) is 4.79 Å². The van der Waals surface area contributed by atoms with E-state index in [1.54, 1.807) is 6.92 Å². The number of carbonyl (C=O) groups excluding carboxylic acids is 1. The van der Waals surface area contributed by atoms with E-state index in [-0.39, 0.29) is 5.78 Å². The number of Topliss-reactive ketones (excluding diaryl/α,β-unsaturated/α-hetero) is 1. The van der Waals surface area contributed by atoms with Crippen LogP contribution in [0, 0.1) is 0 Å². The smallest absolute Gasteiger partial charge is 0.130 e. The maximum absolute atomic E-state index is 10.6. The molecule has 0 aliphatic rings. The molecule has 0 spiro atoms. The van der Waals surface area contributed by atoms with Crippen LogP contribution in [0.2, 0.25) is 0 Å². The van der Waals surface area contributed by atoms with Gasteiger partial charge in [0.15, 0.2) is 0 Å². The normalized spacial score (nSPS) is 10.6. The van der Waals surface area contributed by atoms with Crippen molar-refractivity contribution in [3.05, 3.63) is 48.0 Å². The van der Waals surface area contributed by atoms with E-state index in [1.165, 1.54) is 5.56 Å². The minimum absolute atomic E-state index is 0.259. The van der Waals surface area contributed by atoms with Gasteiger partial charge in [0.25, 0.3) is 0 Å². The maximum atomic E-state index is 10.6. The molecule has 1 aromatic rings. The standard InChI is InChI=1S/C13H16O/c1-12(14)8-4-2-5-9-13-10-6-3-7-11-13/h2-3,5-7,10-11H,4,8-9H2,1H3/b5-2+. The SMILES string of the molecule is CC(=O)CC/C=C/Cc1ccccc1. The van der Waals surface area contributed by atoms with Gasteiger partial charge in [0.05, 0.1) is 0 Å². The van der Waals surface area contributed by atoms with Gasteiger partial charge < -0.3 is 4.79 Å². The van der Waals surface area contributed by atoms with Crippen molar-refractivity contribution in [3.8, 4) is 0 Å². The van der Waals surface area contributed by atoms with E-state index in [1.807, 2.05) is 18.2 Å². The number of allylic oxidation sites excluding steroid dienone is 2. The molecule has 0 unspecified atom stereocenters. The number of carbonyl (C=O) groups is 1. The molecule has 0 heterocycles. The molecule has 0 saturated carbocycles. The molecule has 1 heteroatoms. The second-order valence-electron chi connectivity index (χ2n) is 3.40. The van der Waals surface area contributed by atoms with Gasteiger partial charge in [-0.3, -0.25) is 0 Å². The first-order chi connectivity index (χ1) is 6.79. The summed E-state index contributed by atoms with van der Waals surface area (Å²) in [6.07, 6.45) is 6.68. The summed E-state index contributed by atoms with van der Waals surface area (Å²) in [7, 11) is 0. The lowest BCUT2D eigenvalue weighted by Gasteiger charge is -1.94. The van der Waals surface area contributed by atoms with E-state index in [0.29, 0.717) is 6.42 Å². The van der Waals surface area contributed by atoms with Gasteiger partial charge in [-0.25, -0.2) is 0 Å². The molecule has 0 aromatic heterocycles. The van der Waals surface area contributed by atoms with Crippen LogP contribution < -0.4 is 0 Å². The monoisotopic (exact) mass is 188 g/mol. The van der Waals surface area contributed by atoms with Gasteiger partial charge in [-0.2, -0.15) is 0 Å². The molecule has 1 rings (SSSR count). The Morgan fingerprint density at radius 3 is 2.57 bits per heavy atom. The van der Waals surface area contributed by atoms with Gasteiger partial charge in [-0.1, -0.05) is 42.5 Å². The van der Waals surface area contributed by atoms with Crippen LogP contribution in [0.1, 0.15) is 25.3 Å². The predicted octanol–water partition coefficient (Wildman–Crippen LogP) is 3.15. The molecular formula is C13H16O. The summed E-state index contributed by atoms with van der Waals surface area (Å²) in [4.78, 5) is 10.6. The average molecular weight is 188 g/mol. The van der Waals surface area contributed by atoms with Crippen LogP contribution in [0.15, 0.2) is 42.5 Å². The topological polar surface area (TPSA) is 17.1 Å². The number of hydrogen-bond acceptors (Lipinski definition) is 1. The quantitative estimate of drug-likeness (QED) is 0.649. The van der Waals surface area contributed by atoms with E-state index >= 15 is 0 Å². The van der Waals surface area contributed by atoms with Crippen molar-refractivity contribution in [1.82, 2.24) is 0 Å². The van der Waals surface area contributed by atoms with Crippen molar-refractivity contribution in [3.63, 3.8) is 0 Å². The van der Waals surface area contributed by atoms with Gasteiger partial charge in [0.1, 0.15) is 5.78 Å². The zero-order chi connectivity index (χ0) is 10.2. The van der Waals surface area contributed by atoms with Gasteiger partial charge in [0, 0.05) is 6.42 Å². The van der Waals surface area contributed by atoms with Crippen molar-refractivity contribution in [1.29, 1.82) is 0 Å². The lowest BCUT2D eigenvalue weighted by molar-refractivity contribution is -0.116. The summed E-state index contributed by atoms with van der Waals surface area (Å²) >= 11 is 0. The third kappa shape index (κ3) is 4.61. The number of hydrogen-bond donors (Lipinski definition) is 0. The summed E-state index contributed by atoms with van der Waals surface area (Å²) in [6.45, 7) is 1.63. The third-order valence-corrected chi connectivity index (χ3v) is 2.03. The largest absolute Gasteiger partial charge is 0.300 e. The molecule has 0 saturated heterocycles. The molecule has 0 bridgehead atoms. The zero-order valence-electron chi connectivity index (χ0n) is 8.57. The third-order valence-electron chi connectivity index (χ3n) is 2.03. The first-order valence-corrected chi connectivity index (χ1v) is 4.97. The van der Waals surface area contributed by atoms with Gasteiger partial charge in [-0.05, 0) is 25.3 Å². The summed E-state index contributed by atoms with van der Waals surface area (Å²) in [6, 6.07) is 10.3. The predicted molar refractivity (Wildman–Crippen MR) is 59.2 cm³/mol. The summed E-state index contributed by atoms with van der Waals surface area (Å²) in [5.74, 6) is 0.259. The van der Waals surface area contributed by atoms with Crippen LogP contribution >= 0.6 is 0 Å². The first kappa shape index (κ1) is 10.7. The first-order valence-electron chi connectivity index (χ1n) is 4.97. The Hall–Kier alpha value is -1.37. The number of benzene rings is 1. The lowest BCUT2D eigenvalue weighted by atomic mass is 10.1. The fourth-order valence-electron chi connectivity index (χ4n) is 1.24. The maximum Gasteiger partial charge on any atom is 0.130 e. The molecule has 1 nitrogen and oxygen atoms in total. The highest BCUT2D eigenvalue weighted by molar-refractivity contribution is 5.75. The molecule has 0 radical (unpaired) electrons. The molecule has 0 atom stereocenters. The summed E-state index contributed by atoms with van der Waals surface area (Å²) < 4.78 is 0.